The van der Waals surface area contributed by atoms with Gasteiger partial charge in [0.15, 0.2) is 5.65 Å². The van der Waals surface area contributed by atoms with Crippen molar-refractivity contribution in [2.45, 2.75) is 13.8 Å². The highest BCUT2D eigenvalue weighted by molar-refractivity contribution is 5.80. The van der Waals surface area contributed by atoms with Crippen LogP contribution < -0.4 is 0 Å². The Balaban J connectivity index is 1.87. The number of hydrogen-bond donors (Lipinski definition) is 0. The summed E-state index contributed by atoms with van der Waals surface area (Å²) in [7, 11) is 0. The van der Waals surface area contributed by atoms with Crippen LogP contribution in [0.5, 0.6) is 0 Å². The van der Waals surface area contributed by atoms with Gasteiger partial charge >= 0.3 is 0 Å². The predicted molar refractivity (Wildman–Crippen MR) is 91.1 cm³/mol. The molecule has 0 aliphatic rings. The monoisotopic (exact) mass is 300 g/mol. The summed E-state index contributed by atoms with van der Waals surface area (Å²) in [6.07, 6.45) is 9.35. The molecule has 0 spiro atoms. The van der Waals surface area contributed by atoms with Gasteiger partial charge in [-0.25, -0.2) is 9.50 Å². The minimum Gasteiger partial charge on any atom is -0.265 e. The van der Waals surface area contributed by atoms with E-state index in [1.807, 2.05) is 35.2 Å². The maximum atomic E-state index is 4.64. The molecule has 0 amide bonds. The first kappa shape index (κ1) is 13.6. The average Bonchev–Trinajstić information content (AvgIpc) is 3.01. The maximum Gasteiger partial charge on any atom is 0.162 e. The third-order valence-electron chi connectivity index (χ3n) is 4.05. The lowest BCUT2D eigenvalue weighted by Crippen LogP contribution is -1.92. The van der Waals surface area contributed by atoms with Gasteiger partial charge in [0.1, 0.15) is 0 Å². The largest absolute Gasteiger partial charge is 0.265 e. The number of aromatic nitrogens is 4. The van der Waals surface area contributed by atoms with Crippen molar-refractivity contribution in [3.63, 3.8) is 0 Å². The second-order valence-corrected chi connectivity index (χ2v) is 5.72. The number of pyridine rings is 1. The molecule has 0 N–H and O–H groups in total. The summed E-state index contributed by atoms with van der Waals surface area (Å²) in [5.74, 6) is 0. The molecule has 0 atom stereocenters. The molecule has 4 rings (SSSR count). The number of aryl methyl sites for hydroxylation is 2. The maximum absolute atomic E-state index is 4.64. The van der Waals surface area contributed by atoms with E-state index in [9.17, 15) is 0 Å². The molecule has 0 saturated carbocycles. The summed E-state index contributed by atoms with van der Waals surface area (Å²) in [5, 5.41) is 4.49. The van der Waals surface area contributed by atoms with Gasteiger partial charge in [-0.05, 0) is 42.7 Å². The third-order valence-corrected chi connectivity index (χ3v) is 4.05. The Kier molecular flexibility index (Phi) is 3.15. The second-order valence-electron chi connectivity index (χ2n) is 5.72. The summed E-state index contributed by atoms with van der Waals surface area (Å²) in [6, 6.07) is 10.4. The minimum atomic E-state index is 0.872. The smallest absolute Gasteiger partial charge is 0.162 e. The number of benzene rings is 1. The quantitative estimate of drug-likeness (QED) is 0.560. The normalized spacial score (nSPS) is 11.0. The van der Waals surface area contributed by atoms with E-state index in [1.54, 1.807) is 12.4 Å². The number of rotatable bonds is 2. The Hall–Kier alpha value is -3.01. The summed E-state index contributed by atoms with van der Waals surface area (Å²) in [5.41, 5.74) is 7.69. The first-order chi connectivity index (χ1) is 11.2. The van der Waals surface area contributed by atoms with E-state index in [4.69, 9.17) is 0 Å². The van der Waals surface area contributed by atoms with E-state index in [-0.39, 0.29) is 0 Å². The molecular weight excluding hydrogens is 284 g/mol. The average molecular weight is 300 g/mol. The van der Waals surface area contributed by atoms with Gasteiger partial charge in [0.25, 0.3) is 0 Å². The Morgan fingerprint density at radius 3 is 2.52 bits per heavy atom. The van der Waals surface area contributed by atoms with Crippen LogP contribution in [0.25, 0.3) is 27.9 Å². The zero-order chi connectivity index (χ0) is 15.8. The van der Waals surface area contributed by atoms with Crippen LogP contribution in [-0.2, 0) is 0 Å². The van der Waals surface area contributed by atoms with Gasteiger partial charge < -0.3 is 0 Å². The summed E-state index contributed by atoms with van der Waals surface area (Å²) < 4.78 is 1.84. The van der Waals surface area contributed by atoms with Crippen molar-refractivity contribution in [3.05, 3.63) is 72.4 Å². The highest BCUT2D eigenvalue weighted by atomic mass is 15.2. The SMILES string of the molecule is Cc1ccc(C)c(-c2cnn3cc(-c4ccncc4)cnc23)c1. The molecule has 23 heavy (non-hydrogen) atoms. The Bertz CT molecular complexity index is 987. The highest BCUT2D eigenvalue weighted by Crippen LogP contribution is 2.28. The van der Waals surface area contributed by atoms with Crippen LogP contribution in [0.3, 0.4) is 0 Å². The molecule has 0 radical (unpaired) electrons. The Morgan fingerprint density at radius 1 is 0.870 bits per heavy atom. The molecule has 112 valence electrons. The fraction of sp³-hybridized carbons (Fsp3) is 0.105. The Labute approximate surface area is 134 Å². The van der Waals surface area contributed by atoms with E-state index in [0.717, 1.165) is 22.3 Å². The topological polar surface area (TPSA) is 43.1 Å². The highest BCUT2D eigenvalue weighted by Gasteiger charge is 2.11. The number of nitrogens with zero attached hydrogens (tertiary/aromatic N) is 4. The number of hydrogen-bond acceptors (Lipinski definition) is 3. The lowest BCUT2D eigenvalue weighted by Gasteiger charge is -2.06. The molecule has 4 nitrogen and oxygen atoms in total. The summed E-state index contributed by atoms with van der Waals surface area (Å²) >= 11 is 0. The van der Waals surface area contributed by atoms with Crippen molar-refractivity contribution in [2.75, 3.05) is 0 Å². The fourth-order valence-corrected chi connectivity index (χ4v) is 2.78. The molecule has 0 unspecified atom stereocenters. The van der Waals surface area contributed by atoms with Crippen molar-refractivity contribution in [1.29, 1.82) is 0 Å². The van der Waals surface area contributed by atoms with E-state index >= 15 is 0 Å². The molecule has 0 fully saturated rings. The van der Waals surface area contributed by atoms with Crippen LogP contribution in [0.4, 0.5) is 0 Å². The van der Waals surface area contributed by atoms with Gasteiger partial charge in [-0.1, -0.05) is 23.8 Å². The molecule has 3 aromatic heterocycles. The van der Waals surface area contributed by atoms with Crippen LogP contribution >= 0.6 is 0 Å². The van der Waals surface area contributed by atoms with Crippen LogP contribution in [0.1, 0.15) is 11.1 Å². The predicted octanol–water partition coefficient (Wildman–Crippen LogP) is 4.08. The van der Waals surface area contributed by atoms with Crippen LogP contribution in [0.2, 0.25) is 0 Å². The zero-order valence-electron chi connectivity index (χ0n) is 13.1. The minimum absolute atomic E-state index is 0.872. The van der Waals surface area contributed by atoms with Gasteiger partial charge in [0.05, 0.1) is 6.20 Å². The molecule has 0 bridgehead atoms. The van der Waals surface area contributed by atoms with Crippen LogP contribution in [0.15, 0.2) is 61.3 Å². The molecule has 3 heterocycles. The fourth-order valence-electron chi connectivity index (χ4n) is 2.78. The molecule has 1 aromatic carbocycles. The third kappa shape index (κ3) is 2.38. The van der Waals surface area contributed by atoms with E-state index in [0.29, 0.717) is 0 Å². The zero-order valence-corrected chi connectivity index (χ0v) is 13.1. The number of fused-ring (bicyclic) bond motifs is 1. The molecule has 0 saturated heterocycles. The van der Waals surface area contributed by atoms with E-state index < -0.39 is 0 Å². The lowest BCUT2D eigenvalue weighted by molar-refractivity contribution is 0.941. The van der Waals surface area contributed by atoms with Gasteiger partial charge in [-0.15, -0.1) is 0 Å². The van der Waals surface area contributed by atoms with Gasteiger partial charge in [0.2, 0.25) is 0 Å². The molecule has 4 heteroatoms. The van der Waals surface area contributed by atoms with E-state index in [2.05, 4.69) is 47.1 Å². The van der Waals surface area contributed by atoms with Gasteiger partial charge in [0, 0.05) is 35.9 Å². The molecule has 4 aromatic rings. The molecule has 0 aliphatic heterocycles. The first-order valence-electron chi connectivity index (χ1n) is 7.54. The summed E-state index contributed by atoms with van der Waals surface area (Å²) in [6.45, 7) is 4.22. The van der Waals surface area contributed by atoms with Crippen molar-refractivity contribution in [3.8, 4) is 22.3 Å². The molecular formula is C19H16N4. The van der Waals surface area contributed by atoms with Crippen LogP contribution in [-0.4, -0.2) is 19.6 Å². The van der Waals surface area contributed by atoms with Crippen molar-refractivity contribution < 1.29 is 0 Å². The van der Waals surface area contributed by atoms with Gasteiger partial charge in [-0.3, -0.25) is 4.98 Å². The van der Waals surface area contributed by atoms with Gasteiger partial charge in [-0.2, -0.15) is 5.10 Å². The van der Waals surface area contributed by atoms with Crippen molar-refractivity contribution in [2.24, 2.45) is 0 Å². The lowest BCUT2D eigenvalue weighted by atomic mass is 10.0. The summed E-state index contributed by atoms with van der Waals surface area (Å²) in [4.78, 5) is 8.70. The van der Waals surface area contributed by atoms with E-state index in [1.165, 1.54) is 16.7 Å². The second kappa shape index (κ2) is 5.32. The van der Waals surface area contributed by atoms with Crippen molar-refractivity contribution in [1.82, 2.24) is 19.6 Å². The standard InChI is InChI=1S/C19H16N4/c1-13-3-4-14(2)17(9-13)18-11-22-23-12-16(10-21-19(18)23)15-5-7-20-8-6-15/h3-12H,1-2H3. The first-order valence-corrected chi connectivity index (χ1v) is 7.54. The Morgan fingerprint density at radius 2 is 1.70 bits per heavy atom. The van der Waals surface area contributed by atoms with Crippen LogP contribution in [0, 0.1) is 13.8 Å². The molecule has 0 aliphatic carbocycles. The van der Waals surface area contributed by atoms with Crippen molar-refractivity contribution >= 4 is 5.65 Å².